The lowest BCUT2D eigenvalue weighted by Gasteiger charge is -2.43. The number of hydrogen-bond donors (Lipinski definition) is 4. The van der Waals surface area contributed by atoms with Crippen LogP contribution in [0.25, 0.3) is 0 Å². The Labute approximate surface area is 262 Å². The number of anilines is 1. The van der Waals surface area contributed by atoms with Crippen LogP contribution in [0.4, 0.5) is 5.69 Å². The molecule has 2 aromatic carbocycles. The summed E-state index contributed by atoms with van der Waals surface area (Å²) in [5.41, 5.74) is 0.683. The minimum atomic E-state index is -3.34. The summed E-state index contributed by atoms with van der Waals surface area (Å²) in [5.74, 6) is 0.698. The number of benzene rings is 2. The summed E-state index contributed by atoms with van der Waals surface area (Å²) < 4.78 is 31.2. The average Bonchev–Trinajstić information content (AvgIpc) is 2.99. The number of carbonyl (C=O) groups excluding carboxylic acids is 1. The molecule has 4 rings (SSSR count). The fourth-order valence-electron chi connectivity index (χ4n) is 6.25. The lowest BCUT2D eigenvalue weighted by molar-refractivity contribution is -0.142. The maximum atomic E-state index is 13.5. The molecule has 0 radical (unpaired) electrons. The van der Waals surface area contributed by atoms with Gasteiger partial charge in [-0.25, -0.2) is 8.42 Å². The third-order valence-corrected chi connectivity index (χ3v) is 9.33. The van der Waals surface area contributed by atoms with Crippen molar-refractivity contribution >= 4 is 27.6 Å². The van der Waals surface area contributed by atoms with Crippen LogP contribution in [0.2, 0.25) is 0 Å². The molecule has 4 N–H and O–H groups in total. The molecule has 0 bridgehead atoms. The van der Waals surface area contributed by atoms with Crippen LogP contribution in [0.1, 0.15) is 76.7 Å². The van der Waals surface area contributed by atoms with E-state index in [1.165, 1.54) is 6.42 Å². The van der Waals surface area contributed by atoms with E-state index in [1.807, 2.05) is 24.3 Å². The highest BCUT2D eigenvalue weighted by molar-refractivity contribution is 7.92. The van der Waals surface area contributed by atoms with E-state index in [0.717, 1.165) is 50.3 Å². The molecule has 1 atom stereocenters. The van der Waals surface area contributed by atoms with E-state index in [2.05, 4.69) is 27.2 Å². The fourth-order valence-corrected chi connectivity index (χ4v) is 6.82. The van der Waals surface area contributed by atoms with Gasteiger partial charge in [0.15, 0.2) is 0 Å². The molecule has 1 aliphatic carbocycles. The summed E-state index contributed by atoms with van der Waals surface area (Å²) in [6.07, 6.45) is 10.3. The van der Waals surface area contributed by atoms with Crippen molar-refractivity contribution in [2.24, 2.45) is 5.92 Å². The number of carboxylic acid groups (broad SMARTS) is 1. The minimum Gasteiger partial charge on any atom is -0.480 e. The van der Waals surface area contributed by atoms with Crippen LogP contribution in [-0.2, 0) is 26.2 Å². The lowest BCUT2D eigenvalue weighted by Crippen LogP contribution is -2.65. The molecule has 2 fully saturated rings. The molecule has 1 aliphatic heterocycles. The molecule has 2 aromatic rings. The van der Waals surface area contributed by atoms with Crippen molar-refractivity contribution in [1.82, 2.24) is 15.5 Å². The van der Waals surface area contributed by atoms with E-state index in [4.69, 9.17) is 4.74 Å². The second-order valence-corrected chi connectivity index (χ2v) is 14.1. The third kappa shape index (κ3) is 10.2. The highest BCUT2D eigenvalue weighted by Crippen LogP contribution is 2.31. The maximum absolute atomic E-state index is 13.5. The molecule has 2 aliphatic rings. The number of hydrogen-bond acceptors (Lipinski definition) is 7. The highest BCUT2D eigenvalue weighted by atomic mass is 32.2. The van der Waals surface area contributed by atoms with Crippen LogP contribution in [0.3, 0.4) is 0 Å². The smallest absolute Gasteiger partial charge is 0.320 e. The summed E-state index contributed by atoms with van der Waals surface area (Å²) in [6, 6.07) is 13.8. The first-order chi connectivity index (χ1) is 21.0. The zero-order valence-electron chi connectivity index (χ0n) is 26.0. The molecule has 1 amide bonds. The first kappa shape index (κ1) is 33.7. The van der Waals surface area contributed by atoms with Crippen molar-refractivity contribution in [2.75, 3.05) is 30.6 Å². The van der Waals surface area contributed by atoms with Crippen LogP contribution in [0, 0.1) is 5.92 Å². The van der Waals surface area contributed by atoms with Gasteiger partial charge in [0.05, 0.1) is 6.26 Å². The Bertz CT molecular complexity index is 1320. The van der Waals surface area contributed by atoms with Gasteiger partial charge in [0.2, 0.25) is 15.9 Å². The number of aliphatic carboxylic acids is 1. The number of ether oxygens (including phenoxy) is 1. The van der Waals surface area contributed by atoms with Crippen LogP contribution in [-0.4, -0.2) is 67.8 Å². The number of sulfonamides is 1. The van der Waals surface area contributed by atoms with Gasteiger partial charge in [0, 0.05) is 31.9 Å². The molecule has 10 nitrogen and oxygen atoms in total. The first-order valence-electron chi connectivity index (χ1n) is 15.9. The van der Waals surface area contributed by atoms with E-state index in [9.17, 15) is 23.1 Å². The van der Waals surface area contributed by atoms with Crippen molar-refractivity contribution in [2.45, 2.75) is 89.3 Å². The topological polar surface area (TPSA) is 137 Å². The number of carboxylic acids is 1. The summed E-state index contributed by atoms with van der Waals surface area (Å²) in [6.45, 7) is 4.75. The molecular weight excluding hydrogens is 580 g/mol. The van der Waals surface area contributed by atoms with Crippen molar-refractivity contribution in [3.8, 4) is 11.5 Å². The number of nitrogens with zero attached hydrogens (tertiary/aromatic N) is 1. The van der Waals surface area contributed by atoms with Crippen LogP contribution >= 0.6 is 0 Å². The quantitative estimate of drug-likeness (QED) is 0.200. The Morgan fingerprint density at radius 1 is 1.00 bits per heavy atom. The third-order valence-electron chi connectivity index (χ3n) is 8.73. The van der Waals surface area contributed by atoms with Gasteiger partial charge >= 0.3 is 5.97 Å². The predicted octanol–water partition coefficient (Wildman–Crippen LogP) is 5.11. The first-order valence-corrected chi connectivity index (χ1v) is 17.8. The molecule has 1 saturated carbocycles. The van der Waals surface area contributed by atoms with Crippen LogP contribution in [0.5, 0.6) is 11.5 Å². The molecule has 1 saturated heterocycles. The van der Waals surface area contributed by atoms with E-state index < -0.39 is 27.6 Å². The molecule has 44 heavy (non-hydrogen) atoms. The van der Waals surface area contributed by atoms with E-state index in [1.54, 1.807) is 24.3 Å². The second-order valence-electron chi connectivity index (χ2n) is 12.4. The van der Waals surface area contributed by atoms with E-state index in [-0.39, 0.29) is 5.91 Å². The summed E-state index contributed by atoms with van der Waals surface area (Å²) >= 11 is 0. The number of carbonyl (C=O) groups is 2. The number of unbranched alkanes of at least 4 members (excludes halogenated alkanes) is 1. The van der Waals surface area contributed by atoms with Gasteiger partial charge in [0.1, 0.15) is 23.1 Å². The Hall–Kier alpha value is -3.15. The summed E-state index contributed by atoms with van der Waals surface area (Å²) in [5, 5.41) is 16.6. The summed E-state index contributed by atoms with van der Waals surface area (Å²) in [7, 11) is -3.34. The zero-order chi connectivity index (χ0) is 31.6. The fraction of sp³-hybridized carbons (Fsp3) is 0.576. The monoisotopic (exact) mass is 628 g/mol. The van der Waals surface area contributed by atoms with Crippen molar-refractivity contribution in [1.29, 1.82) is 0 Å². The highest BCUT2D eigenvalue weighted by Gasteiger charge is 2.44. The molecule has 11 heteroatoms. The van der Waals surface area contributed by atoms with E-state index >= 15 is 0 Å². The standard InChI is InChI=1S/C33H48N4O6S/c1-3-4-20-34-32(40)33(35-30(31(38)39)23-25-8-6-5-7-9-25)18-21-37(22-19-33)24-26-10-14-28(15-11-26)43-29-16-12-27(13-17-29)36-44(2,41)42/h10-17,25,30,35-36H,3-9,18-24H2,1-2H3,(H,34,40)(H,38,39)/t30-/m0/s1. The predicted molar refractivity (Wildman–Crippen MR) is 172 cm³/mol. The van der Waals surface area contributed by atoms with Gasteiger partial charge in [-0.2, -0.15) is 0 Å². The number of nitrogens with one attached hydrogen (secondary N) is 3. The number of amides is 1. The Kier molecular flexibility index (Phi) is 12.1. The second kappa shape index (κ2) is 15.7. The maximum Gasteiger partial charge on any atom is 0.320 e. The number of rotatable bonds is 15. The SMILES string of the molecule is CCCCNC(=O)C1(N[C@@H](CC2CCCCC2)C(=O)O)CCN(Cc2ccc(Oc3ccc(NS(C)(=O)=O)cc3)cc2)CC1. The van der Waals surface area contributed by atoms with Gasteiger partial charge < -0.3 is 15.2 Å². The lowest BCUT2D eigenvalue weighted by atomic mass is 9.81. The molecule has 0 unspecified atom stereocenters. The normalized spacial score (nSPS) is 18.3. The summed E-state index contributed by atoms with van der Waals surface area (Å²) in [4.78, 5) is 28.2. The average molecular weight is 629 g/mol. The Balaban J connectivity index is 1.35. The van der Waals surface area contributed by atoms with E-state index in [0.29, 0.717) is 68.5 Å². The molecular formula is C33H48N4O6S. The molecule has 0 spiro atoms. The van der Waals surface area contributed by atoms with Crippen molar-refractivity contribution in [3.05, 3.63) is 54.1 Å². The van der Waals surface area contributed by atoms with Gasteiger partial charge in [-0.3, -0.25) is 24.5 Å². The number of likely N-dealkylation sites (tertiary alicyclic amines) is 1. The van der Waals surface area contributed by atoms with Crippen LogP contribution < -0.4 is 20.1 Å². The Morgan fingerprint density at radius 2 is 1.61 bits per heavy atom. The molecule has 242 valence electrons. The van der Waals surface area contributed by atoms with Gasteiger partial charge in [-0.15, -0.1) is 0 Å². The van der Waals surface area contributed by atoms with Crippen molar-refractivity contribution in [3.63, 3.8) is 0 Å². The largest absolute Gasteiger partial charge is 0.480 e. The van der Waals surface area contributed by atoms with Gasteiger partial charge in [0.25, 0.3) is 0 Å². The number of piperidine rings is 1. The van der Waals surface area contributed by atoms with Crippen LogP contribution in [0.15, 0.2) is 48.5 Å². The zero-order valence-corrected chi connectivity index (χ0v) is 26.8. The van der Waals surface area contributed by atoms with Crippen molar-refractivity contribution < 1.29 is 27.9 Å². The minimum absolute atomic E-state index is 0.0814. The molecule has 0 aromatic heterocycles. The van der Waals surface area contributed by atoms with Gasteiger partial charge in [-0.05, 0) is 73.6 Å². The Morgan fingerprint density at radius 3 is 2.18 bits per heavy atom. The molecule has 1 heterocycles. The van der Waals surface area contributed by atoms with Gasteiger partial charge in [-0.1, -0.05) is 57.6 Å².